The first-order valence-electron chi connectivity index (χ1n) is 10.3. The Morgan fingerprint density at radius 2 is 1.85 bits per heavy atom. The van der Waals surface area contributed by atoms with Crippen molar-refractivity contribution >= 4 is 5.97 Å². The van der Waals surface area contributed by atoms with Gasteiger partial charge in [0.25, 0.3) is 0 Å². The van der Waals surface area contributed by atoms with Crippen molar-refractivity contribution in [3.05, 3.63) is 12.2 Å². The van der Waals surface area contributed by atoms with Crippen molar-refractivity contribution in [1.82, 2.24) is 0 Å². The third kappa shape index (κ3) is 8.65. The topological polar surface area (TPSA) is 87.0 Å². The van der Waals surface area contributed by atoms with E-state index in [2.05, 4.69) is 11.7 Å². The molecule has 0 aromatic heterocycles. The normalized spacial score (nSPS) is 27.1. The number of aliphatic hydroxyl groups is 3. The van der Waals surface area contributed by atoms with E-state index in [1.165, 1.54) is 7.11 Å². The predicted molar refractivity (Wildman–Crippen MR) is 103 cm³/mol. The third-order valence-electron chi connectivity index (χ3n) is 5.47. The summed E-state index contributed by atoms with van der Waals surface area (Å²) in [5.41, 5.74) is 0. The van der Waals surface area contributed by atoms with Crippen LogP contribution >= 0.6 is 0 Å². The zero-order chi connectivity index (χ0) is 19.4. The molecule has 0 aliphatic heterocycles. The average Bonchev–Trinajstić information content (AvgIpc) is 2.89. The highest BCUT2D eigenvalue weighted by Gasteiger charge is 2.39. The summed E-state index contributed by atoms with van der Waals surface area (Å²) in [6.07, 6.45) is 11.7. The Bertz CT molecular complexity index is 409. The van der Waals surface area contributed by atoms with Crippen molar-refractivity contribution < 1.29 is 24.9 Å². The molecule has 0 heterocycles. The van der Waals surface area contributed by atoms with Crippen molar-refractivity contribution in [1.29, 1.82) is 0 Å². The van der Waals surface area contributed by atoms with E-state index in [9.17, 15) is 20.1 Å². The molecule has 5 nitrogen and oxygen atoms in total. The average molecular weight is 371 g/mol. The zero-order valence-electron chi connectivity index (χ0n) is 16.5. The quantitative estimate of drug-likeness (QED) is 0.263. The van der Waals surface area contributed by atoms with Gasteiger partial charge in [-0.1, -0.05) is 57.6 Å². The van der Waals surface area contributed by atoms with Crippen LogP contribution in [0.1, 0.15) is 77.6 Å². The van der Waals surface area contributed by atoms with Gasteiger partial charge in [-0.25, -0.2) is 0 Å². The van der Waals surface area contributed by atoms with Gasteiger partial charge in [0, 0.05) is 18.8 Å². The standard InChI is InChI=1S/C21H38O5/c1-3-4-7-10-16(22)13-14-18-17(19(23)15-20(18)24)11-8-5-6-9-12-21(25)26-2/h13-14,16-20,22-24H,3-12,15H2,1-2H3/b14-13+/t16-,17-,18+,19+,20+/m0/s1. The lowest BCUT2D eigenvalue weighted by atomic mass is 9.88. The summed E-state index contributed by atoms with van der Waals surface area (Å²) in [5, 5.41) is 30.5. The second kappa shape index (κ2) is 13.3. The first-order chi connectivity index (χ1) is 12.5. The maximum Gasteiger partial charge on any atom is 0.305 e. The van der Waals surface area contributed by atoms with Crippen molar-refractivity contribution in [2.45, 2.75) is 95.9 Å². The highest BCUT2D eigenvalue weighted by atomic mass is 16.5. The number of carbonyl (C=O) groups is 1. The molecule has 3 N–H and O–H groups in total. The summed E-state index contributed by atoms with van der Waals surface area (Å²) in [6, 6.07) is 0. The van der Waals surface area contributed by atoms with Crippen molar-refractivity contribution in [2.75, 3.05) is 7.11 Å². The van der Waals surface area contributed by atoms with Crippen LogP contribution in [0.4, 0.5) is 0 Å². The third-order valence-corrected chi connectivity index (χ3v) is 5.47. The van der Waals surface area contributed by atoms with Crippen LogP contribution in [-0.2, 0) is 9.53 Å². The molecule has 0 bridgehead atoms. The minimum Gasteiger partial charge on any atom is -0.469 e. The lowest BCUT2D eigenvalue weighted by molar-refractivity contribution is -0.140. The summed E-state index contributed by atoms with van der Waals surface area (Å²) in [5.74, 6) is -0.201. The maximum absolute atomic E-state index is 11.1. The number of aliphatic hydroxyl groups excluding tert-OH is 3. The summed E-state index contributed by atoms with van der Waals surface area (Å²) in [4.78, 5) is 11.1. The highest BCUT2D eigenvalue weighted by molar-refractivity contribution is 5.68. The van der Waals surface area contributed by atoms with E-state index in [-0.39, 0.29) is 17.8 Å². The molecule has 1 fully saturated rings. The minimum absolute atomic E-state index is 0.0460. The molecule has 0 radical (unpaired) electrons. The van der Waals surface area contributed by atoms with Crippen LogP contribution in [0.15, 0.2) is 12.2 Å². The number of esters is 1. The Hall–Kier alpha value is -0.910. The van der Waals surface area contributed by atoms with Crippen molar-refractivity contribution in [3.63, 3.8) is 0 Å². The van der Waals surface area contributed by atoms with Gasteiger partial charge in [-0.3, -0.25) is 4.79 Å². The maximum atomic E-state index is 11.1. The molecule has 152 valence electrons. The fourth-order valence-electron chi connectivity index (χ4n) is 3.84. The Kier molecular flexibility index (Phi) is 11.8. The Balaban J connectivity index is 2.35. The van der Waals surface area contributed by atoms with Crippen LogP contribution < -0.4 is 0 Å². The van der Waals surface area contributed by atoms with Crippen LogP contribution in [0.5, 0.6) is 0 Å². The number of ether oxygens (including phenoxy) is 1. The second-order valence-corrected chi connectivity index (χ2v) is 7.59. The lowest BCUT2D eigenvalue weighted by Gasteiger charge is -2.21. The molecule has 1 aliphatic rings. The highest BCUT2D eigenvalue weighted by Crippen LogP contribution is 2.37. The summed E-state index contributed by atoms with van der Waals surface area (Å²) < 4.78 is 4.63. The van der Waals surface area contributed by atoms with Crippen LogP contribution in [0.25, 0.3) is 0 Å². The van der Waals surface area contributed by atoms with E-state index in [1.54, 1.807) is 6.08 Å². The Labute approximate surface area is 158 Å². The molecule has 1 aliphatic carbocycles. The molecule has 0 spiro atoms. The summed E-state index contributed by atoms with van der Waals surface area (Å²) >= 11 is 0. The fourth-order valence-corrected chi connectivity index (χ4v) is 3.84. The number of unbranched alkanes of at least 4 members (excludes halogenated alkanes) is 5. The molecule has 1 rings (SSSR count). The predicted octanol–water partition coefficient (Wildman–Crippen LogP) is 3.36. The molecule has 1 saturated carbocycles. The van der Waals surface area contributed by atoms with Gasteiger partial charge < -0.3 is 20.1 Å². The molecule has 0 saturated heterocycles. The molecule has 5 atom stereocenters. The molecule has 0 unspecified atom stereocenters. The van der Waals surface area contributed by atoms with E-state index in [0.29, 0.717) is 12.8 Å². The number of carbonyl (C=O) groups excluding carboxylic acids is 1. The monoisotopic (exact) mass is 370 g/mol. The van der Waals surface area contributed by atoms with Gasteiger partial charge in [0.15, 0.2) is 0 Å². The first-order valence-corrected chi connectivity index (χ1v) is 10.3. The van der Waals surface area contributed by atoms with E-state index in [4.69, 9.17) is 0 Å². The van der Waals surface area contributed by atoms with E-state index in [1.807, 2.05) is 6.08 Å². The zero-order valence-corrected chi connectivity index (χ0v) is 16.5. The van der Waals surface area contributed by atoms with E-state index >= 15 is 0 Å². The number of rotatable bonds is 13. The number of hydrogen-bond donors (Lipinski definition) is 3. The van der Waals surface area contributed by atoms with Gasteiger partial charge in [-0.2, -0.15) is 0 Å². The van der Waals surface area contributed by atoms with Crippen molar-refractivity contribution in [3.8, 4) is 0 Å². The van der Waals surface area contributed by atoms with Gasteiger partial charge in [0.05, 0.1) is 25.4 Å². The van der Waals surface area contributed by atoms with E-state index in [0.717, 1.165) is 57.8 Å². The molecule has 0 amide bonds. The SMILES string of the molecule is CCCCC[C@H](O)/C=C/[C@@H]1[C@H](CCCCCCC(=O)OC)[C@H](O)C[C@H]1O. The minimum atomic E-state index is -0.534. The fraction of sp³-hybridized carbons (Fsp3) is 0.857. The molecule has 26 heavy (non-hydrogen) atoms. The summed E-state index contributed by atoms with van der Waals surface area (Å²) in [6.45, 7) is 2.14. The molecule has 5 heteroatoms. The van der Waals surface area contributed by atoms with Crippen LogP contribution in [0.2, 0.25) is 0 Å². The van der Waals surface area contributed by atoms with Crippen LogP contribution in [0.3, 0.4) is 0 Å². The molecule has 0 aromatic rings. The molecule has 0 aromatic carbocycles. The Morgan fingerprint density at radius 3 is 2.54 bits per heavy atom. The van der Waals surface area contributed by atoms with Gasteiger partial charge in [-0.05, 0) is 25.2 Å². The van der Waals surface area contributed by atoms with Gasteiger partial charge in [0.2, 0.25) is 0 Å². The van der Waals surface area contributed by atoms with Crippen molar-refractivity contribution in [2.24, 2.45) is 11.8 Å². The number of methoxy groups -OCH3 is 1. The van der Waals surface area contributed by atoms with Gasteiger partial charge in [0.1, 0.15) is 0 Å². The molecular weight excluding hydrogens is 332 g/mol. The second-order valence-electron chi connectivity index (χ2n) is 7.59. The van der Waals surface area contributed by atoms with Crippen LogP contribution in [0, 0.1) is 11.8 Å². The summed E-state index contributed by atoms with van der Waals surface area (Å²) in [7, 11) is 1.41. The molecular formula is C21H38O5. The first kappa shape index (κ1) is 23.1. The largest absolute Gasteiger partial charge is 0.469 e. The Morgan fingerprint density at radius 1 is 1.12 bits per heavy atom. The smallest absolute Gasteiger partial charge is 0.305 e. The van der Waals surface area contributed by atoms with E-state index < -0.39 is 18.3 Å². The number of hydrogen-bond acceptors (Lipinski definition) is 5. The van der Waals surface area contributed by atoms with Crippen LogP contribution in [-0.4, -0.2) is 46.7 Å². The van der Waals surface area contributed by atoms with Gasteiger partial charge >= 0.3 is 5.97 Å². The lowest BCUT2D eigenvalue weighted by Crippen LogP contribution is -2.21. The van der Waals surface area contributed by atoms with Gasteiger partial charge in [-0.15, -0.1) is 0 Å².